The van der Waals surface area contributed by atoms with E-state index in [2.05, 4.69) is 25.1 Å². The molecule has 0 bridgehead atoms. The number of para-hydroxylation sites is 1. The average molecular weight is 444 g/mol. The molecular weight excluding hydrogens is 418 g/mol. The standard InChI is InChI=1S/C31H25NO2/c1-20-13-15-24(16-14-20)28-19-27(26-18-21(2)17-22(3)30(26)32-28)31(33)34-29-12-8-7-11-25(29)23-9-5-4-6-10-23/h4-19H,1-3H3. The number of pyridine rings is 1. The van der Waals surface area contributed by atoms with Gasteiger partial charge in [-0.15, -0.1) is 0 Å². The van der Waals surface area contributed by atoms with Gasteiger partial charge in [-0.05, 0) is 50.1 Å². The summed E-state index contributed by atoms with van der Waals surface area (Å²) in [6.45, 7) is 6.11. The van der Waals surface area contributed by atoms with E-state index in [1.54, 1.807) is 0 Å². The third kappa shape index (κ3) is 4.20. The first-order valence-electron chi connectivity index (χ1n) is 11.4. The molecule has 3 heteroatoms. The Balaban J connectivity index is 1.64. The molecule has 0 aliphatic carbocycles. The zero-order valence-corrected chi connectivity index (χ0v) is 19.5. The van der Waals surface area contributed by atoms with Crippen LogP contribution in [0.15, 0.2) is 97.1 Å². The van der Waals surface area contributed by atoms with Gasteiger partial charge < -0.3 is 4.74 Å². The van der Waals surface area contributed by atoms with Crippen molar-refractivity contribution in [1.82, 2.24) is 4.98 Å². The van der Waals surface area contributed by atoms with E-state index in [1.807, 2.05) is 92.7 Å². The lowest BCUT2D eigenvalue weighted by Crippen LogP contribution is -2.11. The summed E-state index contributed by atoms with van der Waals surface area (Å²) in [5, 5.41) is 0.801. The Kier molecular flexibility index (Phi) is 5.69. The molecule has 34 heavy (non-hydrogen) atoms. The van der Waals surface area contributed by atoms with Crippen LogP contribution in [-0.4, -0.2) is 11.0 Å². The average Bonchev–Trinajstić information content (AvgIpc) is 2.85. The van der Waals surface area contributed by atoms with E-state index in [1.165, 1.54) is 5.56 Å². The largest absolute Gasteiger partial charge is 0.422 e. The Bertz CT molecular complexity index is 1500. The third-order valence-electron chi connectivity index (χ3n) is 5.99. The molecule has 0 atom stereocenters. The van der Waals surface area contributed by atoms with Crippen molar-refractivity contribution in [2.45, 2.75) is 20.8 Å². The summed E-state index contributed by atoms with van der Waals surface area (Å²) in [5.74, 6) is 0.138. The number of fused-ring (bicyclic) bond motifs is 1. The quantitative estimate of drug-likeness (QED) is 0.211. The Morgan fingerprint density at radius 1 is 0.706 bits per heavy atom. The van der Waals surface area contributed by atoms with E-state index >= 15 is 0 Å². The van der Waals surface area contributed by atoms with Gasteiger partial charge in [-0.1, -0.05) is 90.0 Å². The molecule has 1 heterocycles. The van der Waals surface area contributed by atoms with Gasteiger partial charge in [0.2, 0.25) is 0 Å². The zero-order valence-electron chi connectivity index (χ0n) is 19.5. The van der Waals surface area contributed by atoms with Crippen LogP contribution in [0, 0.1) is 20.8 Å². The number of hydrogen-bond acceptors (Lipinski definition) is 3. The number of carbonyl (C=O) groups excluding carboxylic acids is 1. The van der Waals surface area contributed by atoms with Gasteiger partial charge in [0.15, 0.2) is 0 Å². The van der Waals surface area contributed by atoms with Crippen LogP contribution in [-0.2, 0) is 0 Å². The number of esters is 1. The number of hydrogen-bond donors (Lipinski definition) is 0. The van der Waals surface area contributed by atoms with Crippen molar-refractivity contribution < 1.29 is 9.53 Å². The monoisotopic (exact) mass is 443 g/mol. The highest BCUT2D eigenvalue weighted by Gasteiger charge is 2.19. The van der Waals surface area contributed by atoms with Gasteiger partial charge in [-0.2, -0.15) is 0 Å². The van der Waals surface area contributed by atoms with Gasteiger partial charge in [-0.25, -0.2) is 9.78 Å². The summed E-state index contributed by atoms with van der Waals surface area (Å²) in [5.41, 5.74) is 8.19. The number of aromatic nitrogens is 1. The van der Waals surface area contributed by atoms with Crippen molar-refractivity contribution in [3.63, 3.8) is 0 Å². The maximum absolute atomic E-state index is 13.6. The first-order valence-corrected chi connectivity index (χ1v) is 11.4. The Hall–Kier alpha value is -4.24. The molecule has 0 aliphatic rings. The molecule has 0 N–H and O–H groups in total. The fourth-order valence-corrected chi connectivity index (χ4v) is 4.29. The smallest absolute Gasteiger partial charge is 0.344 e. The second-order valence-electron chi connectivity index (χ2n) is 8.65. The third-order valence-corrected chi connectivity index (χ3v) is 5.99. The molecule has 5 rings (SSSR count). The number of aryl methyl sites for hydroxylation is 3. The van der Waals surface area contributed by atoms with E-state index < -0.39 is 5.97 Å². The zero-order chi connectivity index (χ0) is 23.7. The van der Waals surface area contributed by atoms with E-state index in [-0.39, 0.29) is 0 Å². The fourth-order valence-electron chi connectivity index (χ4n) is 4.29. The van der Waals surface area contributed by atoms with Gasteiger partial charge in [-0.3, -0.25) is 0 Å². The van der Waals surface area contributed by atoms with Crippen molar-refractivity contribution in [3.8, 4) is 28.1 Å². The van der Waals surface area contributed by atoms with Gasteiger partial charge in [0.05, 0.1) is 16.8 Å². The van der Waals surface area contributed by atoms with Gasteiger partial charge in [0.25, 0.3) is 0 Å². The lowest BCUT2D eigenvalue weighted by atomic mass is 9.99. The minimum atomic E-state index is -0.394. The molecule has 0 saturated heterocycles. The van der Waals surface area contributed by atoms with Crippen LogP contribution in [0.4, 0.5) is 0 Å². The minimum Gasteiger partial charge on any atom is -0.422 e. The Morgan fingerprint density at radius 2 is 1.41 bits per heavy atom. The van der Waals surface area contributed by atoms with Crippen molar-refractivity contribution in [2.75, 3.05) is 0 Å². The lowest BCUT2D eigenvalue weighted by molar-refractivity contribution is 0.0737. The van der Waals surface area contributed by atoms with Crippen LogP contribution >= 0.6 is 0 Å². The lowest BCUT2D eigenvalue weighted by Gasteiger charge is -2.14. The molecule has 166 valence electrons. The van der Waals surface area contributed by atoms with Crippen molar-refractivity contribution >= 4 is 16.9 Å². The topological polar surface area (TPSA) is 39.2 Å². The van der Waals surface area contributed by atoms with E-state index in [0.717, 1.165) is 44.4 Å². The van der Waals surface area contributed by atoms with Gasteiger partial charge in [0, 0.05) is 16.5 Å². The highest BCUT2D eigenvalue weighted by Crippen LogP contribution is 2.32. The SMILES string of the molecule is Cc1ccc(-c2cc(C(=O)Oc3ccccc3-c3ccccc3)c3cc(C)cc(C)c3n2)cc1. The first-order chi connectivity index (χ1) is 16.5. The van der Waals surface area contributed by atoms with Crippen LogP contribution in [0.3, 0.4) is 0 Å². The van der Waals surface area contributed by atoms with Crippen molar-refractivity contribution in [3.05, 3.63) is 119 Å². The first kappa shape index (κ1) is 21.6. The van der Waals surface area contributed by atoms with Crippen LogP contribution in [0.5, 0.6) is 5.75 Å². The van der Waals surface area contributed by atoms with Crippen LogP contribution in [0.25, 0.3) is 33.3 Å². The summed E-state index contributed by atoms with van der Waals surface area (Å²) in [6.07, 6.45) is 0. The molecule has 0 amide bonds. The van der Waals surface area contributed by atoms with Crippen LogP contribution < -0.4 is 4.74 Å². The Morgan fingerprint density at radius 3 is 2.18 bits per heavy atom. The highest BCUT2D eigenvalue weighted by molar-refractivity contribution is 6.06. The second-order valence-corrected chi connectivity index (χ2v) is 8.65. The van der Waals surface area contributed by atoms with Gasteiger partial charge >= 0.3 is 5.97 Å². The normalized spacial score (nSPS) is 10.9. The summed E-state index contributed by atoms with van der Waals surface area (Å²) >= 11 is 0. The fraction of sp³-hybridized carbons (Fsp3) is 0.0968. The molecule has 1 aromatic heterocycles. The molecule has 0 radical (unpaired) electrons. The minimum absolute atomic E-state index is 0.394. The second kappa shape index (κ2) is 8.95. The maximum atomic E-state index is 13.6. The summed E-state index contributed by atoms with van der Waals surface area (Å²) in [7, 11) is 0. The number of carbonyl (C=O) groups is 1. The van der Waals surface area contributed by atoms with Crippen molar-refractivity contribution in [2.24, 2.45) is 0 Å². The molecule has 0 fully saturated rings. The number of benzene rings is 4. The Labute approximate surface area is 199 Å². The maximum Gasteiger partial charge on any atom is 0.344 e. The van der Waals surface area contributed by atoms with Crippen LogP contribution in [0.2, 0.25) is 0 Å². The van der Waals surface area contributed by atoms with Gasteiger partial charge in [0.1, 0.15) is 5.75 Å². The summed E-state index contributed by atoms with van der Waals surface area (Å²) in [6, 6.07) is 31.7. The molecule has 0 aliphatic heterocycles. The molecule has 5 aromatic rings. The predicted molar refractivity (Wildman–Crippen MR) is 138 cm³/mol. The molecule has 3 nitrogen and oxygen atoms in total. The molecular formula is C31H25NO2. The molecule has 4 aromatic carbocycles. The van der Waals surface area contributed by atoms with Crippen LogP contribution in [0.1, 0.15) is 27.0 Å². The number of nitrogens with zero attached hydrogens (tertiary/aromatic N) is 1. The molecule has 0 saturated carbocycles. The van der Waals surface area contributed by atoms with Crippen molar-refractivity contribution in [1.29, 1.82) is 0 Å². The van der Waals surface area contributed by atoms with E-state index in [9.17, 15) is 4.79 Å². The highest BCUT2D eigenvalue weighted by atomic mass is 16.5. The molecule has 0 spiro atoms. The summed E-state index contributed by atoms with van der Waals surface area (Å²) in [4.78, 5) is 18.5. The van der Waals surface area contributed by atoms with E-state index in [4.69, 9.17) is 9.72 Å². The number of rotatable bonds is 4. The van der Waals surface area contributed by atoms with E-state index in [0.29, 0.717) is 11.3 Å². The summed E-state index contributed by atoms with van der Waals surface area (Å²) < 4.78 is 6.02. The predicted octanol–water partition coefficient (Wildman–Crippen LogP) is 7.71. The number of ether oxygens (including phenoxy) is 1. The molecule has 0 unspecified atom stereocenters.